The Morgan fingerprint density at radius 3 is 2.52 bits per heavy atom. The highest BCUT2D eigenvalue weighted by atomic mass is 35.5. The zero-order valence-electron chi connectivity index (χ0n) is 23.2. The lowest BCUT2D eigenvalue weighted by Crippen LogP contribution is -2.45. The number of anilines is 1. The number of hydrogen-bond acceptors (Lipinski definition) is 6. The second-order valence-corrected chi connectivity index (χ2v) is 10.8. The quantitative estimate of drug-likeness (QED) is 0.381. The van der Waals surface area contributed by atoms with Crippen molar-refractivity contribution in [3.8, 4) is 17.0 Å². The highest BCUT2D eigenvalue weighted by Gasteiger charge is 2.30. The fraction of sp³-hybridized carbons (Fsp3) is 0.379. The van der Waals surface area contributed by atoms with E-state index in [0.29, 0.717) is 31.6 Å². The van der Waals surface area contributed by atoms with Gasteiger partial charge in [0, 0.05) is 49.9 Å². The van der Waals surface area contributed by atoms with Crippen molar-refractivity contribution in [2.24, 2.45) is 13.0 Å². The van der Waals surface area contributed by atoms with E-state index >= 15 is 0 Å². The molecule has 42 heavy (non-hydrogen) atoms. The molecule has 2 aliphatic heterocycles. The highest BCUT2D eigenvalue weighted by Crippen LogP contribution is 2.30. The number of hydrogen-bond donors (Lipinski definition) is 3. The summed E-state index contributed by atoms with van der Waals surface area (Å²) in [7, 11) is 2.74. The number of carbonyl (C=O) groups excluding carboxylic acids is 3. The Morgan fingerprint density at radius 2 is 1.86 bits per heavy atom. The van der Waals surface area contributed by atoms with E-state index < -0.39 is 17.5 Å². The van der Waals surface area contributed by atoms with Crippen molar-refractivity contribution in [2.45, 2.75) is 25.3 Å². The summed E-state index contributed by atoms with van der Waals surface area (Å²) in [4.78, 5) is 44.5. The van der Waals surface area contributed by atoms with Gasteiger partial charge in [-0.3, -0.25) is 14.4 Å². The number of ether oxygens (including phenoxy) is 1. The smallest absolute Gasteiger partial charge is 0.291 e. The number of likely N-dealkylation sites (tertiary alicyclic amines) is 1. The highest BCUT2D eigenvalue weighted by molar-refractivity contribution is 6.34. The lowest BCUT2D eigenvalue weighted by Gasteiger charge is -2.32. The third-order valence-electron chi connectivity index (χ3n) is 7.75. The number of nitrogens with one attached hydrogen (secondary N) is 3. The molecule has 3 amide bonds. The van der Waals surface area contributed by atoms with Gasteiger partial charge in [0.05, 0.1) is 29.6 Å². The van der Waals surface area contributed by atoms with Gasteiger partial charge in [0.15, 0.2) is 17.4 Å². The Bertz CT molecular complexity index is 1520. The van der Waals surface area contributed by atoms with Crippen LogP contribution in [0.2, 0.25) is 5.02 Å². The van der Waals surface area contributed by atoms with Crippen LogP contribution < -0.4 is 20.7 Å². The minimum Gasteiger partial charge on any atom is -0.494 e. The fourth-order valence-corrected chi connectivity index (χ4v) is 5.58. The molecule has 2 aromatic carbocycles. The van der Waals surface area contributed by atoms with Crippen molar-refractivity contribution in [1.29, 1.82) is 0 Å². The molecule has 10 nitrogen and oxygen atoms in total. The van der Waals surface area contributed by atoms with Crippen LogP contribution in [0.15, 0.2) is 36.5 Å². The second kappa shape index (κ2) is 12.5. The molecule has 13 heteroatoms. The summed E-state index contributed by atoms with van der Waals surface area (Å²) in [5, 5.41) is 9.15. The molecule has 1 atom stereocenters. The van der Waals surface area contributed by atoms with Gasteiger partial charge in [-0.1, -0.05) is 11.6 Å². The molecule has 3 aromatic rings. The molecule has 0 saturated carbocycles. The summed E-state index contributed by atoms with van der Waals surface area (Å²) in [6, 6.07) is 7.34. The molecule has 1 aromatic heterocycles. The van der Waals surface area contributed by atoms with Crippen molar-refractivity contribution >= 4 is 35.0 Å². The Morgan fingerprint density at radius 1 is 1.10 bits per heavy atom. The lowest BCUT2D eigenvalue weighted by atomic mass is 9.95. The molecule has 5 rings (SSSR count). The monoisotopic (exact) mass is 600 g/mol. The zero-order valence-corrected chi connectivity index (χ0v) is 23.9. The van der Waals surface area contributed by atoms with Gasteiger partial charge in [-0.2, -0.15) is 4.39 Å². The number of imidazole rings is 1. The van der Waals surface area contributed by atoms with E-state index in [9.17, 15) is 23.2 Å². The Hall–Kier alpha value is -4.03. The summed E-state index contributed by atoms with van der Waals surface area (Å²) in [5.41, 5.74) is 0.717. The second-order valence-electron chi connectivity index (χ2n) is 10.4. The SMILES string of the molecule is COc1ccc(-c2cnc(C(=O)Nc3ccc(C(=O)N4CCC(C(=O)NC5CCNC5)CC4)c(Cl)c3)n2C)c(F)c1F. The third-order valence-corrected chi connectivity index (χ3v) is 8.06. The lowest BCUT2D eigenvalue weighted by molar-refractivity contribution is -0.126. The zero-order chi connectivity index (χ0) is 30.0. The number of rotatable bonds is 7. The van der Waals surface area contributed by atoms with Crippen molar-refractivity contribution in [3.63, 3.8) is 0 Å². The minimum absolute atomic E-state index is 0.0371. The van der Waals surface area contributed by atoms with Gasteiger partial charge in [0.25, 0.3) is 11.8 Å². The molecule has 0 bridgehead atoms. The standard InChI is InChI=1S/C29H31ClF2N6O4/c1-37-22(20-5-6-23(42-2)25(32)24(20)31)15-34-26(37)28(40)35-17-3-4-19(21(30)13-17)29(41)38-11-8-16(9-12-38)27(39)36-18-7-10-33-14-18/h3-6,13,15-16,18,33H,7-12,14H2,1-2H3,(H,35,40)(H,36,39). The van der Waals surface area contributed by atoms with E-state index in [0.717, 1.165) is 19.5 Å². The van der Waals surface area contributed by atoms with Crippen LogP contribution in [-0.2, 0) is 11.8 Å². The van der Waals surface area contributed by atoms with Crippen LogP contribution in [0.4, 0.5) is 14.5 Å². The average molecular weight is 601 g/mol. The molecule has 3 heterocycles. The van der Waals surface area contributed by atoms with Crippen molar-refractivity contribution < 1.29 is 27.9 Å². The van der Waals surface area contributed by atoms with Crippen LogP contribution in [0.5, 0.6) is 5.75 Å². The number of benzene rings is 2. The first kappa shape index (κ1) is 29.5. The van der Waals surface area contributed by atoms with E-state index in [2.05, 4.69) is 20.9 Å². The van der Waals surface area contributed by atoms with Gasteiger partial charge >= 0.3 is 0 Å². The van der Waals surface area contributed by atoms with E-state index in [1.165, 1.54) is 49.2 Å². The summed E-state index contributed by atoms with van der Waals surface area (Å²) >= 11 is 6.44. The van der Waals surface area contributed by atoms with Crippen LogP contribution >= 0.6 is 11.6 Å². The Kier molecular flexibility index (Phi) is 8.74. The van der Waals surface area contributed by atoms with E-state index in [1.54, 1.807) is 11.0 Å². The van der Waals surface area contributed by atoms with Crippen molar-refractivity contribution in [1.82, 2.24) is 25.1 Å². The topological polar surface area (TPSA) is 118 Å². The molecule has 222 valence electrons. The number of aromatic nitrogens is 2. The molecule has 3 N–H and O–H groups in total. The number of piperidine rings is 1. The third kappa shape index (κ3) is 5.95. The molecular formula is C29H31ClF2N6O4. The predicted octanol–water partition coefficient (Wildman–Crippen LogP) is 3.61. The van der Waals surface area contributed by atoms with Gasteiger partial charge in [-0.05, 0) is 56.1 Å². The van der Waals surface area contributed by atoms with Gasteiger partial charge in [-0.25, -0.2) is 9.37 Å². The minimum atomic E-state index is -1.14. The van der Waals surface area contributed by atoms with Crippen LogP contribution in [0.3, 0.4) is 0 Å². The van der Waals surface area contributed by atoms with E-state index in [4.69, 9.17) is 16.3 Å². The van der Waals surface area contributed by atoms with Crippen molar-refractivity contribution in [2.75, 3.05) is 38.6 Å². The van der Waals surface area contributed by atoms with E-state index in [-0.39, 0.29) is 57.2 Å². The first-order chi connectivity index (χ1) is 20.2. The van der Waals surface area contributed by atoms with Gasteiger partial charge in [0.2, 0.25) is 11.7 Å². The fourth-order valence-electron chi connectivity index (χ4n) is 5.32. The van der Waals surface area contributed by atoms with Crippen molar-refractivity contribution in [3.05, 3.63) is 64.6 Å². The Balaban J connectivity index is 1.21. The Labute approximate surface area is 246 Å². The summed E-state index contributed by atoms with van der Waals surface area (Å²) in [6.45, 7) is 2.56. The summed E-state index contributed by atoms with van der Waals surface area (Å²) in [6.07, 6.45) is 3.34. The first-order valence-electron chi connectivity index (χ1n) is 13.6. The molecular weight excluding hydrogens is 570 g/mol. The number of carbonyl (C=O) groups is 3. The average Bonchev–Trinajstić information content (AvgIpc) is 3.64. The van der Waals surface area contributed by atoms with Gasteiger partial charge in [-0.15, -0.1) is 0 Å². The van der Waals surface area contributed by atoms with Gasteiger partial charge < -0.3 is 30.2 Å². The number of halogens is 3. The van der Waals surface area contributed by atoms with Crippen LogP contribution in [0.1, 0.15) is 40.2 Å². The molecule has 1 unspecified atom stereocenters. The maximum absolute atomic E-state index is 14.6. The first-order valence-corrected chi connectivity index (χ1v) is 14.0. The van der Waals surface area contributed by atoms with Gasteiger partial charge in [0.1, 0.15) is 0 Å². The molecule has 2 fully saturated rings. The van der Waals surface area contributed by atoms with Crippen LogP contribution in [-0.4, -0.2) is 71.5 Å². The molecule has 0 radical (unpaired) electrons. The molecule has 2 saturated heterocycles. The normalized spacial score (nSPS) is 17.3. The maximum atomic E-state index is 14.6. The largest absolute Gasteiger partial charge is 0.494 e. The summed E-state index contributed by atoms with van der Waals surface area (Å²) in [5.74, 6) is -3.50. The molecule has 0 aliphatic carbocycles. The summed E-state index contributed by atoms with van der Waals surface area (Å²) < 4.78 is 35.0. The van der Waals surface area contributed by atoms with E-state index in [1.807, 2.05) is 0 Å². The molecule has 0 spiro atoms. The van der Waals surface area contributed by atoms with Crippen LogP contribution in [0.25, 0.3) is 11.3 Å². The van der Waals surface area contributed by atoms with Crippen LogP contribution in [0, 0.1) is 17.6 Å². The predicted molar refractivity (Wildman–Crippen MR) is 153 cm³/mol. The maximum Gasteiger partial charge on any atom is 0.291 e. The number of nitrogens with zero attached hydrogens (tertiary/aromatic N) is 3. The number of amides is 3. The number of methoxy groups -OCH3 is 1. The molecule has 2 aliphatic rings.